The summed E-state index contributed by atoms with van der Waals surface area (Å²) in [6.07, 6.45) is 8.64. The van der Waals surface area contributed by atoms with Gasteiger partial charge in [-0.1, -0.05) is 12.1 Å². The first-order valence-electron chi connectivity index (χ1n) is 9.41. The molecule has 28 heavy (non-hydrogen) atoms. The van der Waals surface area contributed by atoms with Crippen molar-refractivity contribution in [3.05, 3.63) is 72.1 Å². The summed E-state index contributed by atoms with van der Waals surface area (Å²) in [4.78, 5) is 32.0. The first-order valence-corrected chi connectivity index (χ1v) is 9.41. The first kappa shape index (κ1) is 18.0. The summed E-state index contributed by atoms with van der Waals surface area (Å²) in [6.45, 7) is 3.39. The highest BCUT2D eigenvalue weighted by Gasteiger charge is 2.26. The van der Waals surface area contributed by atoms with E-state index in [0.29, 0.717) is 24.6 Å². The molecule has 4 rings (SSSR count). The molecule has 0 radical (unpaired) electrons. The van der Waals surface area contributed by atoms with Crippen LogP contribution < -0.4 is 5.32 Å². The van der Waals surface area contributed by atoms with Crippen molar-refractivity contribution in [2.24, 2.45) is 0 Å². The Morgan fingerprint density at radius 1 is 1.07 bits per heavy atom. The molecule has 0 aliphatic carbocycles. The molecule has 7 nitrogen and oxygen atoms in total. The van der Waals surface area contributed by atoms with Crippen molar-refractivity contribution < 1.29 is 4.79 Å². The molecule has 0 atom stereocenters. The van der Waals surface area contributed by atoms with Crippen molar-refractivity contribution in [2.45, 2.75) is 25.7 Å². The third-order valence-corrected chi connectivity index (χ3v) is 4.99. The summed E-state index contributed by atoms with van der Waals surface area (Å²) < 4.78 is 0. The summed E-state index contributed by atoms with van der Waals surface area (Å²) in [5.41, 5.74) is 2.50. The fraction of sp³-hybridized carbons (Fsp3) is 0.286. The molecule has 1 amide bonds. The van der Waals surface area contributed by atoms with Crippen LogP contribution in [0.2, 0.25) is 0 Å². The predicted molar refractivity (Wildman–Crippen MR) is 106 cm³/mol. The van der Waals surface area contributed by atoms with Crippen molar-refractivity contribution in [1.82, 2.24) is 24.8 Å². The minimum atomic E-state index is -0.00817. The maximum atomic E-state index is 12.6. The molecule has 0 saturated carbocycles. The molecular formula is C21H22N6O. The summed E-state index contributed by atoms with van der Waals surface area (Å²) in [6, 6.07) is 9.32. The van der Waals surface area contributed by atoms with Crippen molar-refractivity contribution >= 4 is 17.5 Å². The van der Waals surface area contributed by atoms with Gasteiger partial charge in [-0.05, 0) is 43.5 Å². The number of carbonyl (C=O) groups is 1. The van der Waals surface area contributed by atoms with Crippen molar-refractivity contribution in [1.29, 1.82) is 0 Å². The van der Waals surface area contributed by atoms with E-state index in [9.17, 15) is 4.79 Å². The van der Waals surface area contributed by atoms with E-state index in [2.05, 4.69) is 20.3 Å². The first-order chi connectivity index (χ1) is 13.7. The Morgan fingerprint density at radius 3 is 2.64 bits per heavy atom. The number of anilines is 2. The van der Waals surface area contributed by atoms with Crippen LogP contribution in [0.3, 0.4) is 0 Å². The van der Waals surface area contributed by atoms with Gasteiger partial charge in [0.05, 0.1) is 11.9 Å². The number of aromatic nitrogens is 4. The van der Waals surface area contributed by atoms with Gasteiger partial charge in [0, 0.05) is 37.6 Å². The lowest BCUT2D eigenvalue weighted by molar-refractivity contribution is 0.0706. The molecule has 0 unspecified atom stereocenters. The quantitative estimate of drug-likeness (QED) is 0.754. The number of likely N-dealkylation sites (tertiary alicyclic amines) is 1. The van der Waals surface area contributed by atoms with E-state index >= 15 is 0 Å². The van der Waals surface area contributed by atoms with Crippen LogP contribution in [0.5, 0.6) is 0 Å². The SMILES string of the molecule is Cc1cccnc1Nc1cncc(C2CCN(C(=O)c3ccccn3)CC2)n1. The van der Waals surface area contributed by atoms with Gasteiger partial charge in [-0.3, -0.25) is 14.8 Å². The van der Waals surface area contributed by atoms with Crippen molar-refractivity contribution in [3.63, 3.8) is 0 Å². The largest absolute Gasteiger partial charge is 0.337 e. The number of rotatable bonds is 4. The summed E-state index contributed by atoms with van der Waals surface area (Å²) in [5.74, 6) is 1.74. The molecule has 1 aliphatic heterocycles. The molecule has 0 spiro atoms. The number of carbonyl (C=O) groups excluding carboxylic acids is 1. The van der Waals surface area contributed by atoms with Crippen LogP contribution in [-0.4, -0.2) is 43.8 Å². The van der Waals surface area contributed by atoms with Gasteiger partial charge in [-0.2, -0.15) is 0 Å². The third-order valence-electron chi connectivity index (χ3n) is 4.99. The van der Waals surface area contributed by atoms with E-state index in [1.54, 1.807) is 24.7 Å². The summed E-state index contributed by atoms with van der Waals surface area (Å²) >= 11 is 0. The molecule has 1 N–H and O–H groups in total. The van der Waals surface area contributed by atoms with E-state index in [1.807, 2.05) is 42.3 Å². The van der Waals surface area contributed by atoms with Gasteiger partial charge < -0.3 is 10.2 Å². The van der Waals surface area contributed by atoms with Gasteiger partial charge in [0.25, 0.3) is 5.91 Å². The van der Waals surface area contributed by atoms with Gasteiger partial charge in [-0.25, -0.2) is 9.97 Å². The second-order valence-corrected chi connectivity index (χ2v) is 6.90. The molecule has 7 heteroatoms. The Kier molecular flexibility index (Phi) is 5.23. The van der Waals surface area contributed by atoms with Gasteiger partial charge in [-0.15, -0.1) is 0 Å². The molecule has 142 valence electrons. The van der Waals surface area contributed by atoms with E-state index in [-0.39, 0.29) is 11.8 Å². The highest BCUT2D eigenvalue weighted by atomic mass is 16.2. The second kappa shape index (κ2) is 8.12. The van der Waals surface area contributed by atoms with Crippen LogP contribution in [0.25, 0.3) is 0 Å². The standard InChI is InChI=1S/C21H22N6O/c1-15-5-4-10-24-20(15)26-19-14-22-13-18(25-19)16-7-11-27(12-8-16)21(28)17-6-2-3-9-23-17/h2-6,9-10,13-14,16H,7-8,11-12H2,1H3,(H,24,25,26). The molecule has 1 fully saturated rings. The topological polar surface area (TPSA) is 83.9 Å². The normalized spacial score (nSPS) is 14.7. The third kappa shape index (κ3) is 3.98. The molecular weight excluding hydrogens is 352 g/mol. The van der Waals surface area contributed by atoms with Gasteiger partial charge in [0.15, 0.2) is 0 Å². The smallest absolute Gasteiger partial charge is 0.272 e. The monoisotopic (exact) mass is 374 g/mol. The van der Waals surface area contributed by atoms with E-state index in [0.717, 1.165) is 29.9 Å². The summed E-state index contributed by atoms with van der Waals surface area (Å²) in [7, 11) is 0. The van der Waals surface area contributed by atoms with Crippen molar-refractivity contribution in [3.8, 4) is 0 Å². The number of nitrogens with one attached hydrogen (secondary N) is 1. The number of hydrogen-bond acceptors (Lipinski definition) is 6. The molecule has 0 bridgehead atoms. The van der Waals surface area contributed by atoms with E-state index in [4.69, 9.17) is 4.98 Å². The Labute approximate surface area is 163 Å². The van der Waals surface area contributed by atoms with Crippen LogP contribution in [0.15, 0.2) is 55.1 Å². The maximum absolute atomic E-state index is 12.6. The number of pyridine rings is 2. The lowest BCUT2D eigenvalue weighted by atomic mass is 9.93. The van der Waals surface area contributed by atoms with Crippen LogP contribution in [0, 0.1) is 6.92 Å². The van der Waals surface area contributed by atoms with Crippen LogP contribution in [0.4, 0.5) is 11.6 Å². The molecule has 3 aromatic rings. The average Bonchev–Trinajstić information content (AvgIpc) is 2.76. The molecule has 1 aliphatic rings. The number of aryl methyl sites for hydroxylation is 1. The van der Waals surface area contributed by atoms with E-state index < -0.39 is 0 Å². The molecule has 3 aromatic heterocycles. The molecule has 0 aromatic carbocycles. The zero-order valence-electron chi connectivity index (χ0n) is 15.7. The number of piperidine rings is 1. The minimum Gasteiger partial charge on any atom is -0.337 e. The Morgan fingerprint density at radius 2 is 1.89 bits per heavy atom. The van der Waals surface area contributed by atoms with Gasteiger partial charge >= 0.3 is 0 Å². The van der Waals surface area contributed by atoms with E-state index in [1.165, 1.54) is 0 Å². The fourth-order valence-electron chi connectivity index (χ4n) is 3.41. The number of amides is 1. The zero-order chi connectivity index (χ0) is 19.3. The van der Waals surface area contributed by atoms with Gasteiger partial charge in [0.2, 0.25) is 0 Å². The highest BCUT2D eigenvalue weighted by Crippen LogP contribution is 2.28. The average molecular weight is 374 g/mol. The molecule has 1 saturated heterocycles. The Balaban J connectivity index is 1.41. The van der Waals surface area contributed by atoms with Crippen LogP contribution in [-0.2, 0) is 0 Å². The number of hydrogen-bond donors (Lipinski definition) is 1. The van der Waals surface area contributed by atoms with Gasteiger partial charge in [0.1, 0.15) is 17.3 Å². The minimum absolute atomic E-state index is 0.00817. The highest BCUT2D eigenvalue weighted by molar-refractivity contribution is 5.92. The van der Waals surface area contributed by atoms with Crippen molar-refractivity contribution in [2.75, 3.05) is 18.4 Å². The van der Waals surface area contributed by atoms with Crippen LogP contribution in [0.1, 0.15) is 40.5 Å². The maximum Gasteiger partial charge on any atom is 0.272 e. The zero-order valence-corrected chi connectivity index (χ0v) is 15.7. The Hall–Kier alpha value is -3.35. The lowest BCUT2D eigenvalue weighted by Gasteiger charge is -2.31. The lowest BCUT2D eigenvalue weighted by Crippen LogP contribution is -2.38. The number of nitrogens with zero attached hydrogens (tertiary/aromatic N) is 5. The van der Waals surface area contributed by atoms with Crippen LogP contribution >= 0.6 is 0 Å². The Bertz CT molecular complexity index is 954. The predicted octanol–water partition coefficient (Wildman–Crippen LogP) is 3.34. The second-order valence-electron chi connectivity index (χ2n) is 6.90. The fourth-order valence-corrected chi connectivity index (χ4v) is 3.41. The summed E-state index contributed by atoms with van der Waals surface area (Å²) in [5, 5.41) is 3.24. The molecule has 4 heterocycles.